The van der Waals surface area contributed by atoms with E-state index in [1.54, 1.807) is 18.1 Å². The fraction of sp³-hybridized carbons (Fsp3) is 0.448. The van der Waals surface area contributed by atoms with E-state index in [2.05, 4.69) is 33.3 Å². The molecule has 9 heteroatoms. The van der Waals surface area contributed by atoms with Crippen molar-refractivity contribution in [3.8, 4) is 17.4 Å². The third-order valence-corrected chi connectivity index (χ3v) is 7.59. The van der Waals surface area contributed by atoms with Gasteiger partial charge in [0, 0.05) is 19.5 Å². The molecule has 0 saturated carbocycles. The molecule has 204 valence electrons. The van der Waals surface area contributed by atoms with Crippen LogP contribution in [0.1, 0.15) is 54.2 Å². The minimum atomic E-state index is -0.564. The Labute approximate surface area is 228 Å². The fourth-order valence-corrected chi connectivity index (χ4v) is 5.65. The van der Waals surface area contributed by atoms with Crippen molar-refractivity contribution in [3.05, 3.63) is 65.0 Å². The zero-order valence-electron chi connectivity index (χ0n) is 21.7. The highest BCUT2D eigenvalue weighted by atomic mass is 35.5. The second-order valence-corrected chi connectivity index (χ2v) is 10.2. The van der Waals surface area contributed by atoms with E-state index < -0.39 is 6.10 Å². The van der Waals surface area contributed by atoms with E-state index in [4.69, 9.17) is 13.6 Å². The molecule has 0 bridgehead atoms. The highest BCUT2D eigenvalue weighted by Gasteiger charge is 2.24. The van der Waals surface area contributed by atoms with Gasteiger partial charge in [-0.1, -0.05) is 24.3 Å². The Morgan fingerprint density at radius 2 is 1.82 bits per heavy atom. The quantitative estimate of drug-likeness (QED) is 0.354. The van der Waals surface area contributed by atoms with Crippen LogP contribution in [0.25, 0.3) is 22.6 Å². The first kappa shape index (κ1) is 28.1. The summed E-state index contributed by atoms with van der Waals surface area (Å²) in [6.07, 6.45) is 6.84. The second kappa shape index (κ2) is 12.3. The van der Waals surface area contributed by atoms with Crippen LogP contribution in [-0.4, -0.2) is 58.0 Å². The molecule has 0 radical (unpaired) electrons. The van der Waals surface area contributed by atoms with Crippen molar-refractivity contribution in [2.45, 2.75) is 57.5 Å². The van der Waals surface area contributed by atoms with E-state index in [9.17, 15) is 5.11 Å². The lowest BCUT2D eigenvalue weighted by molar-refractivity contribution is 0.0599. The van der Waals surface area contributed by atoms with Gasteiger partial charge in [-0.2, -0.15) is 0 Å². The van der Waals surface area contributed by atoms with Gasteiger partial charge < -0.3 is 29.1 Å². The van der Waals surface area contributed by atoms with Crippen LogP contribution in [0.15, 0.2) is 51.3 Å². The third-order valence-electron chi connectivity index (χ3n) is 7.59. The topological polar surface area (TPSA) is 116 Å². The molecule has 2 aromatic heterocycles. The molecule has 0 amide bonds. The number of hydrogen-bond acceptors (Lipinski definition) is 7. The number of aliphatic hydroxyl groups excluding tert-OH is 1. The molecule has 0 spiro atoms. The SMILES string of the molecule is Cc1nnc(-c2cc3c(OC[C@@H](O)CN4CCC(c5ccc6c(c5)CCCC6)CC4)cccc3o2)o1.Cl.O. The van der Waals surface area contributed by atoms with Gasteiger partial charge in [-0.3, -0.25) is 0 Å². The summed E-state index contributed by atoms with van der Waals surface area (Å²) >= 11 is 0. The summed E-state index contributed by atoms with van der Waals surface area (Å²) in [7, 11) is 0. The molecule has 8 nitrogen and oxygen atoms in total. The number of benzene rings is 2. The number of hydrogen-bond donors (Lipinski definition) is 1. The Balaban J connectivity index is 0.00000168. The minimum Gasteiger partial charge on any atom is -0.490 e. The van der Waals surface area contributed by atoms with E-state index in [0.29, 0.717) is 41.3 Å². The summed E-state index contributed by atoms with van der Waals surface area (Å²) in [6, 6.07) is 14.7. The van der Waals surface area contributed by atoms with Crippen LogP contribution in [0, 0.1) is 6.92 Å². The maximum Gasteiger partial charge on any atom is 0.283 e. The first-order valence-corrected chi connectivity index (χ1v) is 13.1. The Morgan fingerprint density at radius 3 is 2.58 bits per heavy atom. The van der Waals surface area contributed by atoms with Crippen molar-refractivity contribution in [2.75, 3.05) is 26.2 Å². The molecule has 3 N–H and O–H groups in total. The second-order valence-electron chi connectivity index (χ2n) is 10.2. The number of ether oxygens (including phenoxy) is 1. The number of furan rings is 1. The van der Waals surface area contributed by atoms with Crippen molar-refractivity contribution in [1.29, 1.82) is 0 Å². The molecule has 4 aromatic rings. The Hall–Kier alpha value is -2.91. The summed E-state index contributed by atoms with van der Waals surface area (Å²) in [5, 5.41) is 19.4. The molecular weight excluding hydrogens is 506 g/mol. The number of fused-ring (bicyclic) bond motifs is 2. The van der Waals surface area contributed by atoms with E-state index in [1.807, 2.05) is 24.3 Å². The van der Waals surface area contributed by atoms with Gasteiger partial charge in [0.25, 0.3) is 5.89 Å². The molecule has 1 atom stereocenters. The van der Waals surface area contributed by atoms with Gasteiger partial charge in [0.05, 0.1) is 5.39 Å². The third kappa shape index (κ3) is 6.04. The van der Waals surface area contributed by atoms with Crippen molar-refractivity contribution in [3.63, 3.8) is 0 Å². The Bertz CT molecular complexity index is 1350. The molecule has 1 aliphatic heterocycles. The lowest BCUT2D eigenvalue weighted by Gasteiger charge is -2.33. The highest BCUT2D eigenvalue weighted by molar-refractivity contribution is 5.87. The number of nitrogens with zero attached hydrogens (tertiary/aromatic N) is 3. The monoisotopic (exact) mass is 541 g/mol. The lowest BCUT2D eigenvalue weighted by Crippen LogP contribution is -2.40. The predicted octanol–water partition coefficient (Wildman–Crippen LogP) is 4.89. The van der Waals surface area contributed by atoms with Crippen molar-refractivity contribution >= 4 is 23.4 Å². The molecule has 1 fully saturated rings. The summed E-state index contributed by atoms with van der Waals surface area (Å²) in [5.41, 5.74) is 5.30. The number of piperidine rings is 1. The number of aryl methyl sites for hydroxylation is 3. The minimum absolute atomic E-state index is 0. The van der Waals surface area contributed by atoms with Gasteiger partial charge in [-0.15, -0.1) is 22.6 Å². The van der Waals surface area contributed by atoms with E-state index in [-0.39, 0.29) is 24.5 Å². The molecular formula is C29H36ClN3O5. The molecule has 38 heavy (non-hydrogen) atoms. The number of rotatable bonds is 7. The molecule has 1 saturated heterocycles. The molecule has 0 unspecified atom stereocenters. The average Bonchev–Trinajstić information content (AvgIpc) is 3.54. The number of aliphatic hydroxyl groups is 1. The highest BCUT2D eigenvalue weighted by Crippen LogP contribution is 2.34. The number of likely N-dealkylation sites (tertiary alicyclic amines) is 1. The zero-order valence-corrected chi connectivity index (χ0v) is 22.5. The summed E-state index contributed by atoms with van der Waals surface area (Å²) < 4.78 is 17.4. The molecule has 2 aliphatic rings. The summed E-state index contributed by atoms with van der Waals surface area (Å²) in [6.45, 7) is 4.59. The first-order chi connectivity index (χ1) is 17.6. The van der Waals surface area contributed by atoms with E-state index in [1.165, 1.54) is 31.2 Å². The molecule has 3 heterocycles. The van der Waals surface area contributed by atoms with Crippen LogP contribution < -0.4 is 4.74 Å². The van der Waals surface area contributed by atoms with Crippen LogP contribution >= 0.6 is 12.4 Å². The normalized spacial score (nSPS) is 16.9. The summed E-state index contributed by atoms with van der Waals surface area (Å²) in [4.78, 5) is 2.36. The van der Waals surface area contributed by atoms with Gasteiger partial charge in [-0.25, -0.2) is 0 Å². The van der Waals surface area contributed by atoms with Gasteiger partial charge in [-0.05, 0) is 86.4 Å². The van der Waals surface area contributed by atoms with Crippen LogP contribution in [-0.2, 0) is 12.8 Å². The van der Waals surface area contributed by atoms with Gasteiger partial charge in [0.1, 0.15) is 24.0 Å². The molecule has 1 aliphatic carbocycles. The standard InChI is InChI=1S/C29H33N3O4.ClH.H2O/c1-19-30-31-29(35-19)28-16-25-26(7-4-8-27(25)36-28)34-18-24(33)17-32-13-11-21(12-14-32)23-10-9-20-5-2-3-6-22(20)15-23;;/h4,7-10,15-16,21,24,33H,2-3,5-6,11-14,17-18H2,1H3;1H;1H2/t24-;;/m0../s1. The smallest absolute Gasteiger partial charge is 0.283 e. The van der Waals surface area contributed by atoms with Crippen LogP contribution in [0.2, 0.25) is 0 Å². The molecule has 6 rings (SSSR count). The lowest BCUT2D eigenvalue weighted by atomic mass is 9.84. The molecule has 2 aromatic carbocycles. The fourth-order valence-electron chi connectivity index (χ4n) is 5.65. The maximum absolute atomic E-state index is 10.7. The first-order valence-electron chi connectivity index (χ1n) is 13.1. The van der Waals surface area contributed by atoms with Crippen molar-refractivity contribution < 1.29 is 24.2 Å². The Morgan fingerprint density at radius 1 is 1.03 bits per heavy atom. The largest absolute Gasteiger partial charge is 0.490 e. The average molecular weight is 542 g/mol. The maximum atomic E-state index is 10.7. The van der Waals surface area contributed by atoms with E-state index >= 15 is 0 Å². The zero-order chi connectivity index (χ0) is 24.5. The van der Waals surface area contributed by atoms with Crippen molar-refractivity contribution in [2.24, 2.45) is 0 Å². The van der Waals surface area contributed by atoms with Crippen LogP contribution in [0.4, 0.5) is 0 Å². The predicted molar refractivity (Wildman–Crippen MR) is 148 cm³/mol. The summed E-state index contributed by atoms with van der Waals surface area (Å²) in [5.74, 6) is 2.62. The van der Waals surface area contributed by atoms with Crippen LogP contribution in [0.3, 0.4) is 0 Å². The van der Waals surface area contributed by atoms with E-state index in [0.717, 1.165) is 31.3 Å². The van der Waals surface area contributed by atoms with Gasteiger partial charge in [0.15, 0.2) is 5.76 Å². The van der Waals surface area contributed by atoms with Crippen LogP contribution in [0.5, 0.6) is 5.75 Å². The number of halogens is 1. The number of β-amino-alcohol motifs (C(OH)–C–C–N with tert-alkyl or cyclic N) is 1. The Kier molecular flexibility index (Phi) is 9.10. The van der Waals surface area contributed by atoms with Crippen molar-refractivity contribution in [1.82, 2.24) is 15.1 Å². The number of aromatic nitrogens is 2. The van der Waals surface area contributed by atoms with Gasteiger partial charge in [0.2, 0.25) is 5.89 Å². The van der Waals surface area contributed by atoms with Gasteiger partial charge >= 0.3 is 0 Å².